The second kappa shape index (κ2) is 8.47. The van der Waals surface area contributed by atoms with Gasteiger partial charge in [0.25, 0.3) is 0 Å². The van der Waals surface area contributed by atoms with E-state index in [1.807, 2.05) is 0 Å². The smallest absolute Gasteiger partial charge is 0.407 e. The fourth-order valence-corrected chi connectivity index (χ4v) is 1.74. The number of carbonyl (C=O) groups excluding carboxylic acids is 2. The number of nitrogens with zero attached hydrogens (tertiary/aromatic N) is 3. The lowest BCUT2D eigenvalue weighted by atomic mass is 10.2. The van der Waals surface area contributed by atoms with Gasteiger partial charge in [0, 0.05) is 13.2 Å². The van der Waals surface area contributed by atoms with E-state index in [1.54, 1.807) is 27.7 Å². The van der Waals surface area contributed by atoms with Crippen molar-refractivity contribution in [3.05, 3.63) is 11.4 Å². The van der Waals surface area contributed by atoms with Crippen LogP contribution in [0.15, 0.2) is 0 Å². The zero-order valence-corrected chi connectivity index (χ0v) is 14.0. The maximum atomic E-state index is 11.9. The molecular weight excluding hydrogens is 304 g/mol. The third kappa shape index (κ3) is 6.23. The zero-order chi connectivity index (χ0) is 17.5. The molecule has 0 saturated carbocycles. The quantitative estimate of drug-likeness (QED) is 0.713. The van der Waals surface area contributed by atoms with E-state index < -0.39 is 17.7 Å². The van der Waals surface area contributed by atoms with E-state index in [-0.39, 0.29) is 25.5 Å². The zero-order valence-electron chi connectivity index (χ0n) is 14.0. The van der Waals surface area contributed by atoms with Gasteiger partial charge in [0.15, 0.2) is 5.69 Å². The van der Waals surface area contributed by atoms with Crippen molar-refractivity contribution in [1.82, 2.24) is 20.3 Å². The summed E-state index contributed by atoms with van der Waals surface area (Å²) in [5.41, 5.74) is -0.174. The predicted molar refractivity (Wildman–Crippen MR) is 80.8 cm³/mol. The molecule has 0 atom stereocenters. The Labute approximate surface area is 135 Å². The number of amides is 1. The summed E-state index contributed by atoms with van der Waals surface area (Å²) in [4.78, 5) is 23.6. The van der Waals surface area contributed by atoms with Crippen LogP contribution in [0, 0.1) is 0 Å². The third-order valence-electron chi connectivity index (χ3n) is 2.63. The van der Waals surface area contributed by atoms with Gasteiger partial charge in [-0.15, -0.1) is 5.10 Å². The number of aryl methyl sites for hydroxylation is 1. The number of nitrogens with one attached hydrogen (secondary N) is 1. The van der Waals surface area contributed by atoms with Crippen LogP contribution < -0.4 is 5.32 Å². The minimum atomic E-state index is -0.622. The van der Waals surface area contributed by atoms with E-state index in [4.69, 9.17) is 14.6 Å². The average Bonchev–Trinajstić information content (AvgIpc) is 2.84. The number of hydrogen-bond donors (Lipinski definition) is 2. The normalized spacial score (nSPS) is 11.2. The summed E-state index contributed by atoms with van der Waals surface area (Å²) in [5, 5.41) is 19.2. The van der Waals surface area contributed by atoms with Gasteiger partial charge in [0.2, 0.25) is 0 Å². The molecule has 0 saturated heterocycles. The lowest BCUT2D eigenvalue weighted by Gasteiger charge is -2.19. The molecule has 0 bridgehead atoms. The number of esters is 1. The van der Waals surface area contributed by atoms with Crippen LogP contribution in [-0.4, -0.2) is 51.0 Å². The van der Waals surface area contributed by atoms with Crippen LogP contribution in [-0.2, 0) is 22.6 Å². The standard InChI is InChI=1S/C14H24N4O5/c1-5-22-12(20)11-10(18(17-16-11)7-6-8-19)9-15-13(21)23-14(2,3)4/h19H,5-9H2,1-4H3,(H,15,21). The highest BCUT2D eigenvalue weighted by Crippen LogP contribution is 2.10. The first-order chi connectivity index (χ1) is 10.8. The summed E-state index contributed by atoms with van der Waals surface area (Å²) in [7, 11) is 0. The lowest BCUT2D eigenvalue weighted by molar-refractivity contribution is 0.0497. The van der Waals surface area contributed by atoms with Gasteiger partial charge < -0.3 is 19.9 Å². The number of alkyl carbamates (subject to hydrolysis) is 1. The fourth-order valence-electron chi connectivity index (χ4n) is 1.74. The number of carbonyl (C=O) groups is 2. The van der Waals surface area contributed by atoms with Crippen molar-refractivity contribution in [2.45, 2.75) is 52.8 Å². The molecule has 0 aromatic carbocycles. The van der Waals surface area contributed by atoms with Gasteiger partial charge in [-0.05, 0) is 34.1 Å². The molecule has 0 radical (unpaired) electrons. The highest BCUT2D eigenvalue weighted by molar-refractivity contribution is 5.88. The number of ether oxygens (including phenoxy) is 2. The first kappa shape index (κ1) is 18.9. The summed E-state index contributed by atoms with van der Waals surface area (Å²) >= 11 is 0. The van der Waals surface area contributed by atoms with Crippen molar-refractivity contribution in [2.75, 3.05) is 13.2 Å². The van der Waals surface area contributed by atoms with E-state index in [1.165, 1.54) is 4.68 Å². The Morgan fingerprint density at radius 2 is 2.04 bits per heavy atom. The molecule has 9 heteroatoms. The van der Waals surface area contributed by atoms with Crippen LogP contribution in [0.4, 0.5) is 4.79 Å². The first-order valence-electron chi connectivity index (χ1n) is 7.45. The average molecular weight is 328 g/mol. The van der Waals surface area contributed by atoms with Crippen molar-refractivity contribution in [3.63, 3.8) is 0 Å². The summed E-state index contributed by atoms with van der Waals surface area (Å²) in [6.07, 6.45) is -0.160. The maximum absolute atomic E-state index is 11.9. The second-order valence-electron chi connectivity index (χ2n) is 5.76. The molecule has 0 unspecified atom stereocenters. The summed E-state index contributed by atoms with van der Waals surface area (Å²) in [6, 6.07) is 0. The molecule has 2 N–H and O–H groups in total. The van der Waals surface area contributed by atoms with Crippen molar-refractivity contribution in [3.8, 4) is 0 Å². The molecular formula is C14H24N4O5. The van der Waals surface area contributed by atoms with Gasteiger partial charge in [0.05, 0.1) is 18.8 Å². The molecule has 1 amide bonds. The number of hydrogen-bond acceptors (Lipinski definition) is 7. The van der Waals surface area contributed by atoms with E-state index >= 15 is 0 Å². The van der Waals surface area contributed by atoms with E-state index in [2.05, 4.69) is 15.6 Å². The van der Waals surface area contributed by atoms with Gasteiger partial charge >= 0.3 is 12.1 Å². The van der Waals surface area contributed by atoms with E-state index in [0.717, 1.165) is 0 Å². The molecule has 130 valence electrons. The molecule has 0 aliphatic rings. The summed E-state index contributed by atoms with van der Waals surface area (Å²) in [5.74, 6) is -0.608. The third-order valence-corrected chi connectivity index (χ3v) is 2.63. The molecule has 9 nitrogen and oxygen atoms in total. The Bertz CT molecular complexity index is 536. The van der Waals surface area contributed by atoms with Crippen molar-refractivity contribution in [2.24, 2.45) is 0 Å². The van der Waals surface area contributed by atoms with Crippen molar-refractivity contribution >= 4 is 12.1 Å². The molecule has 23 heavy (non-hydrogen) atoms. The second-order valence-corrected chi connectivity index (χ2v) is 5.76. The van der Waals surface area contributed by atoms with Gasteiger partial charge in [-0.3, -0.25) is 0 Å². The number of aliphatic hydroxyl groups excluding tert-OH is 1. The first-order valence-corrected chi connectivity index (χ1v) is 7.45. The van der Waals surface area contributed by atoms with Crippen LogP contribution in [0.2, 0.25) is 0 Å². The molecule has 1 aromatic heterocycles. The van der Waals surface area contributed by atoms with E-state index in [0.29, 0.717) is 18.7 Å². The van der Waals surface area contributed by atoms with Crippen LogP contribution in [0.25, 0.3) is 0 Å². The lowest BCUT2D eigenvalue weighted by Crippen LogP contribution is -2.33. The Kier molecular flexibility index (Phi) is 6.95. The molecule has 0 fully saturated rings. The molecule has 1 rings (SSSR count). The molecule has 0 aliphatic heterocycles. The maximum Gasteiger partial charge on any atom is 0.407 e. The topological polar surface area (TPSA) is 116 Å². The van der Waals surface area contributed by atoms with Crippen LogP contribution in [0.5, 0.6) is 0 Å². The summed E-state index contributed by atoms with van der Waals surface area (Å²) in [6.45, 7) is 7.52. The van der Waals surface area contributed by atoms with Crippen LogP contribution >= 0.6 is 0 Å². The molecule has 1 heterocycles. The fraction of sp³-hybridized carbons (Fsp3) is 0.714. The van der Waals surface area contributed by atoms with Crippen molar-refractivity contribution in [1.29, 1.82) is 0 Å². The molecule has 1 aromatic rings. The van der Waals surface area contributed by atoms with Crippen LogP contribution in [0.3, 0.4) is 0 Å². The monoisotopic (exact) mass is 328 g/mol. The Hall–Kier alpha value is -2.16. The van der Waals surface area contributed by atoms with Crippen molar-refractivity contribution < 1.29 is 24.2 Å². The Morgan fingerprint density at radius 3 is 2.61 bits per heavy atom. The van der Waals surface area contributed by atoms with Gasteiger partial charge in [-0.1, -0.05) is 5.21 Å². The van der Waals surface area contributed by atoms with Crippen LogP contribution in [0.1, 0.15) is 50.3 Å². The minimum Gasteiger partial charge on any atom is -0.461 e. The highest BCUT2D eigenvalue weighted by Gasteiger charge is 2.22. The number of aliphatic hydroxyl groups is 1. The Morgan fingerprint density at radius 1 is 1.35 bits per heavy atom. The highest BCUT2D eigenvalue weighted by atomic mass is 16.6. The number of rotatable bonds is 7. The predicted octanol–water partition coefficient (Wildman–Crippen LogP) is 0.862. The number of aromatic nitrogens is 3. The molecule has 0 spiro atoms. The molecule has 0 aliphatic carbocycles. The van der Waals surface area contributed by atoms with Gasteiger partial charge in [0.1, 0.15) is 5.60 Å². The van der Waals surface area contributed by atoms with Gasteiger partial charge in [-0.2, -0.15) is 0 Å². The Balaban J connectivity index is 2.85. The van der Waals surface area contributed by atoms with E-state index in [9.17, 15) is 9.59 Å². The SMILES string of the molecule is CCOC(=O)c1nnn(CCCO)c1CNC(=O)OC(C)(C)C. The minimum absolute atomic E-state index is 0.0154. The summed E-state index contributed by atoms with van der Waals surface area (Å²) < 4.78 is 11.5. The van der Waals surface area contributed by atoms with Gasteiger partial charge in [-0.25, -0.2) is 14.3 Å². The largest absolute Gasteiger partial charge is 0.461 e.